The molecule has 0 unspecified atom stereocenters. The molecule has 0 amide bonds. The third-order valence-electron chi connectivity index (χ3n) is 2.62. The standard InChI is InChI=1S/C14H19N3O/c1-3-5-13-16-12(11-6-8-18-10-11)9-14(17-13)15-7-4-2/h6,8-10H,3-5,7H2,1-2H3,(H,15,16,17). The molecule has 2 aromatic rings. The maximum Gasteiger partial charge on any atom is 0.131 e. The van der Waals surface area contributed by atoms with Crippen LogP contribution in [0.5, 0.6) is 0 Å². The highest BCUT2D eigenvalue weighted by molar-refractivity contribution is 5.61. The number of nitrogens with zero attached hydrogens (tertiary/aromatic N) is 2. The minimum atomic E-state index is 0.884. The summed E-state index contributed by atoms with van der Waals surface area (Å²) in [6.45, 7) is 5.19. The summed E-state index contributed by atoms with van der Waals surface area (Å²) in [5, 5.41) is 3.31. The van der Waals surface area contributed by atoms with Gasteiger partial charge in [-0.2, -0.15) is 0 Å². The van der Waals surface area contributed by atoms with E-state index >= 15 is 0 Å². The van der Waals surface area contributed by atoms with Crippen molar-refractivity contribution < 1.29 is 4.42 Å². The van der Waals surface area contributed by atoms with Crippen molar-refractivity contribution in [1.82, 2.24) is 9.97 Å². The normalized spacial score (nSPS) is 10.6. The van der Waals surface area contributed by atoms with Gasteiger partial charge < -0.3 is 9.73 Å². The summed E-state index contributed by atoms with van der Waals surface area (Å²) in [5.74, 6) is 1.78. The average Bonchev–Trinajstić information content (AvgIpc) is 2.90. The third-order valence-corrected chi connectivity index (χ3v) is 2.62. The van der Waals surface area contributed by atoms with Crippen LogP contribution in [0.15, 0.2) is 29.1 Å². The van der Waals surface area contributed by atoms with Crippen LogP contribution >= 0.6 is 0 Å². The molecule has 0 bridgehead atoms. The highest BCUT2D eigenvalue weighted by atomic mass is 16.3. The fourth-order valence-electron chi connectivity index (χ4n) is 1.73. The summed E-state index contributed by atoms with van der Waals surface area (Å²) in [5.41, 5.74) is 1.91. The van der Waals surface area contributed by atoms with E-state index in [-0.39, 0.29) is 0 Å². The molecule has 4 heteroatoms. The van der Waals surface area contributed by atoms with Gasteiger partial charge in [0.1, 0.15) is 11.6 Å². The molecule has 0 atom stereocenters. The predicted molar refractivity (Wildman–Crippen MR) is 72.5 cm³/mol. The molecule has 18 heavy (non-hydrogen) atoms. The van der Waals surface area contributed by atoms with Crippen molar-refractivity contribution in [2.75, 3.05) is 11.9 Å². The minimum Gasteiger partial charge on any atom is -0.472 e. The molecule has 0 radical (unpaired) electrons. The van der Waals surface area contributed by atoms with E-state index in [2.05, 4.69) is 29.1 Å². The topological polar surface area (TPSA) is 51.0 Å². The number of hydrogen-bond donors (Lipinski definition) is 1. The molecule has 0 aliphatic carbocycles. The van der Waals surface area contributed by atoms with Crippen molar-refractivity contribution >= 4 is 5.82 Å². The summed E-state index contributed by atoms with van der Waals surface area (Å²) in [7, 11) is 0. The van der Waals surface area contributed by atoms with E-state index in [1.165, 1.54) is 0 Å². The Morgan fingerprint density at radius 3 is 2.78 bits per heavy atom. The number of aromatic nitrogens is 2. The van der Waals surface area contributed by atoms with Crippen LogP contribution in [0.25, 0.3) is 11.3 Å². The first-order valence-electron chi connectivity index (χ1n) is 6.48. The Balaban J connectivity index is 2.30. The van der Waals surface area contributed by atoms with Crippen molar-refractivity contribution in [2.45, 2.75) is 33.1 Å². The highest BCUT2D eigenvalue weighted by Gasteiger charge is 2.07. The van der Waals surface area contributed by atoms with Crippen LogP contribution in [0, 0.1) is 0 Å². The second-order valence-electron chi connectivity index (χ2n) is 4.24. The molecule has 96 valence electrons. The maximum atomic E-state index is 5.11. The molecule has 1 N–H and O–H groups in total. The minimum absolute atomic E-state index is 0.884. The number of rotatable bonds is 6. The maximum absolute atomic E-state index is 5.11. The van der Waals surface area contributed by atoms with E-state index < -0.39 is 0 Å². The van der Waals surface area contributed by atoms with Gasteiger partial charge in [0.2, 0.25) is 0 Å². The van der Waals surface area contributed by atoms with Gasteiger partial charge in [-0.25, -0.2) is 9.97 Å². The van der Waals surface area contributed by atoms with E-state index in [9.17, 15) is 0 Å². The van der Waals surface area contributed by atoms with Crippen LogP contribution in [-0.4, -0.2) is 16.5 Å². The number of hydrogen-bond acceptors (Lipinski definition) is 4. The van der Waals surface area contributed by atoms with E-state index in [0.717, 1.165) is 48.7 Å². The lowest BCUT2D eigenvalue weighted by atomic mass is 10.2. The Bertz CT molecular complexity index is 480. The monoisotopic (exact) mass is 245 g/mol. The van der Waals surface area contributed by atoms with Crippen molar-refractivity contribution in [3.63, 3.8) is 0 Å². The van der Waals surface area contributed by atoms with Gasteiger partial charge in [0.05, 0.1) is 18.2 Å². The summed E-state index contributed by atoms with van der Waals surface area (Å²) in [6, 6.07) is 3.89. The molecule has 4 nitrogen and oxygen atoms in total. The zero-order chi connectivity index (χ0) is 12.8. The number of nitrogens with one attached hydrogen (secondary N) is 1. The van der Waals surface area contributed by atoms with Crippen molar-refractivity contribution in [3.05, 3.63) is 30.5 Å². The Hall–Kier alpha value is -1.84. The molecule has 0 saturated heterocycles. The molecule has 2 heterocycles. The summed E-state index contributed by atoms with van der Waals surface area (Å²) < 4.78 is 5.11. The van der Waals surface area contributed by atoms with Gasteiger partial charge >= 0.3 is 0 Å². The number of anilines is 1. The van der Waals surface area contributed by atoms with Crippen LogP contribution < -0.4 is 5.32 Å². The van der Waals surface area contributed by atoms with Crippen LogP contribution in [0.2, 0.25) is 0 Å². The molecular formula is C14H19N3O. The van der Waals surface area contributed by atoms with E-state index in [4.69, 9.17) is 4.42 Å². The molecule has 0 aliphatic rings. The summed E-state index contributed by atoms with van der Waals surface area (Å²) in [6.07, 6.45) is 6.39. The van der Waals surface area contributed by atoms with Gasteiger partial charge in [-0.05, 0) is 18.9 Å². The fraction of sp³-hybridized carbons (Fsp3) is 0.429. The van der Waals surface area contributed by atoms with Gasteiger partial charge in [-0.3, -0.25) is 0 Å². The largest absolute Gasteiger partial charge is 0.472 e. The van der Waals surface area contributed by atoms with Gasteiger partial charge in [0.25, 0.3) is 0 Å². The summed E-state index contributed by atoms with van der Waals surface area (Å²) >= 11 is 0. The lowest BCUT2D eigenvalue weighted by molar-refractivity contribution is 0.568. The van der Waals surface area contributed by atoms with Crippen LogP contribution in [0.4, 0.5) is 5.82 Å². The first-order valence-corrected chi connectivity index (χ1v) is 6.48. The lowest BCUT2D eigenvalue weighted by Crippen LogP contribution is -2.06. The SMILES string of the molecule is CCCNc1cc(-c2ccoc2)nc(CCC)n1. The van der Waals surface area contributed by atoms with E-state index in [0.29, 0.717) is 0 Å². The predicted octanol–water partition coefficient (Wildman–Crippen LogP) is 3.51. The van der Waals surface area contributed by atoms with Gasteiger partial charge in [-0.15, -0.1) is 0 Å². The zero-order valence-corrected chi connectivity index (χ0v) is 10.9. The van der Waals surface area contributed by atoms with Crippen molar-refractivity contribution in [3.8, 4) is 11.3 Å². The molecule has 0 aromatic carbocycles. The Morgan fingerprint density at radius 1 is 1.22 bits per heavy atom. The molecule has 0 saturated carbocycles. The number of furan rings is 1. The van der Waals surface area contributed by atoms with Crippen molar-refractivity contribution in [1.29, 1.82) is 0 Å². The molecule has 0 aliphatic heterocycles. The van der Waals surface area contributed by atoms with Gasteiger partial charge in [0.15, 0.2) is 0 Å². The van der Waals surface area contributed by atoms with Crippen LogP contribution in [0.1, 0.15) is 32.5 Å². The zero-order valence-electron chi connectivity index (χ0n) is 10.9. The van der Waals surface area contributed by atoms with Crippen LogP contribution in [-0.2, 0) is 6.42 Å². The number of aryl methyl sites for hydroxylation is 1. The lowest BCUT2D eigenvalue weighted by Gasteiger charge is -2.08. The Kier molecular flexibility index (Phi) is 4.34. The summed E-state index contributed by atoms with van der Waals surface area (Å²) in [4.78, 5) is 9.08. The smallest absolute Gasteiger partial charge is 0.131 e. The van der Waals surface area contributed by atoms with Gasteiger partial charge in [-0.1, -0.05) is 13.8 Å². The van der Waals surface area contributed by atoms with Crippen LogP contribution in [0.3, 0.4) is 0 Å². The molecule has 2 aromatic heterocycles. The average molecular weight is 245 g/mol. The third kappa shape index (κ3) is 3.09. The molecular weight excluding hydrogens is 226 g/mol. The first kappa shape index (κ1) is 12.6. The fourth-order valence-corrected chi connectivity index (χ4v) is 1.73. The Morgan fingerprint density at radius 2 is 2.11 bits per heavy atom. The molecule has 0 spiro atoms. The molecule has 0 fully saturated rings. The second-order valence-corrected chi connectivity index (χ2v) is 4.24. The van der Waals surface area contributed by atoms with E-state index in [1.54, 1.807) is 12.5 Å². The Labute approximate surface area is 107 Å². The first-order chi connectivity index (χ1) is 8.83. The second kappa shape index (κ2) is 6.19. The molecule has 2 rings (SSSR count). The van der Waals surface area contributed by atoms with Crippen molar-refractivity contribution in [2.24, 2.45) is 0 Å². The highest BCUT2D eigenvalue weighted by Crippen LogP contribution is 2.20. The van der Waals surface area contributed by atoms with Gasteiger partial charge in [0, 0.05) is 24.6 Å². The quantitative estimate of drug-likeness (QED) is 0.846. The van der Waals surface area contributed by atoms with E-state index in [1.807, 2.05) is 12.1 Å².